The van der Waals surface area contributed by atoms with Gasteiger partial charge in [0.1, 0.15) is 5.75 Å². The van der Waals surface area contributed by atoms with Crippen LogP contribution in [0.3, 0.4) is 0 Å². The first-order chi connectivity index (χ1) is 9.06. The van der Waals surface area contributed by atoms with Crippen molar-refractivity contribution in [2.45, 2.75) is 45.1 Å². The van der Waals surface area contributed by atoms with Gasteiger partial charge >= 0.3 is 0 Å². The number of aliphatic hydroxyl groups excluding tert-OH is 1. The number of aliphatic hydroxyl groups is 1. The number of hydrogen-bond donors (Lipinski definition) is 2. The largest absolute Gasteiger partial charge is 0.493 e. The van der Waals surface area contributed by atoms with Crippen LogP contribution in [0.4, 0.5) is 0 Å². The van der Waals surface area contributed by atoms with Gasteiger partial charge in [-0.3, -0.25) is 0 Å². The number of benzene rings is 1. The molecule has 0 aromatic heterocycles. The van der Waals surface area contributed by atoms with Gasteiger partial charge in [-0.1, -0.05) is 32.0 Å². The molecule has 1 rings (SSSR count). The molecule has 19 heavy (non-hydrogen) atoms. The third-order valence-corrected chi connectivity index (χ3v) is 3.93. The standard InChI is InChI=1S/C16H27NO2/c1-5-13(2)14-8-6-7-9-15(14)19-11-10-16(3,12-18)17-4/h6-9,13,17-18H,5,10-12H2,1-4H3. The summed E-state index contributed by atoms with van der Waals surface area (Å²) in [4.78, 5) is 0. The Balaban J connectivity index is 2.63. The Bertz CT molecular complexity index is 375. The van der Waals surface area contributed by atoms with Gasteiger partial charge in [0, 0.05) is 12.0 Å². The highest BCUT2D eigenvalue weighted by molar-refractivity contribution is 5.35. The van der Waals surface area contributed by atoms with E-state index in [9.17, 15) is 5.11 Å². The predicted octanol–water partition coefficient (Wildman–Crippen LogP) is 2.94. The van der Waals surface area contributed by atoms with Crippen LogP contribution in [0.15, 0.2) is 24.3 Å². The van der Waals surface area contributed by atoms with E-state index in [1.54, 1.807) is 0 Å². The third kappa shape index (κ3) is 4.51. The van der Waals surface area contributed by atoms with Gasteiger partial charge in [-0.2, -0.15) is 0 Å². The molecular formula is C16H27NO2. The van der Waals surface area contributed by atoms with Crippen molar-refractivity contribution in [1.82, 2.24) is 5.32 Å². The van der Waals surface area contributed by atoms with Gasteiger partial charge in [0.25, 0.3) is 0 Å². The Morgan fingerprint density at radius 2 is 2.05 bits per heavy atom. The Labute approximate surface area is 117 Å². The van der Waals surface area contributed by atoms with Crippen molar-refractivity contribution in [3.05, 3.63) is 29.8 Å². The van der Waals surface area contributed by atoms with Crippen molar-refractivity contribution < 1.29 is 9.84 Å². The summed E-state index contributed by atoms with van der Waals surface area (Å²) in [5, 5.41) is 12.5. The zero-order chi connectivity index (χ0) is 14.3. The molecule has 2 atom stereocenters. The number of para-hydroxylation sites is 1. The Hall–Kier alpha value is -1.06. The highest BCUT2D eigenvalue weighted by atomic mass is 16.5. The van der Waals surface area contributed by atoms with Crippen LogP contribution >= 0.6 is 0 Å². The summed E-state index contributed by atoms with van der Waals surface area (Å²) in [5.41, 5.74) is 0.992. The molecule has 0 heterocycles. The van der Waals surface area contributed by atoms with E-state index in [2.05, 4.69) is 31.3 Å². The fourth-order valence-corrected chi connectivity index (χ4v) is 1.91. The SMILES string of the molecule is CCC(C)c1ccccc1OCCC(C)(CO)NC. The quantitative estimate of drug-likeness (QED) is 0.759. The van der Waals surface area contributed by atoms with Gasteiger partial charge in [-0.15, -0.1) is 0 Å². The molecule has 1 aromatic rings. The highest BCUT2D eigenvalue weighted by Crippen LogP contribution is 2.28. The summed E-state index contributed by atoms with van der Waals surface area (Å²) in [5.74, 6) is 1.47. The van der Waals surface area contributed by atoms with Crippen LogP contribution in [0.5, 0.6) is 5.75 Å². The average molecular weight is 265 g/mol. The van der Waals surface area contributed by atoms with Crippen LogP contribution < -0.4 is 10.1 Å². The molecule has 0 fully saturated rings. The Morgan fingerprint density at radius 1 is 1.37 bits per heavy atom. The van der Waals surface area contributed by atoms with Gasteiger partial charge in [0.05, 0.1) is 13.2 Å². The van der Waals surface area contributed by atoms with Crippen LogP contribution in [-0.2, 0) is 0 Å². The maximum absolute atomic E-state index is 9.35. The van der Waals surface area contributed by atoms with Crippen molar-refractivity contribution in [2.75, 3.05) is 20.3 Å². The number of ether oxygens (including phenoxy) is 1. The van der Waals surface area contributed by atoms with E-state index in [0.29, 0.717) is 12.5 Å². The van der Waals surface area contributed by atoms with Gasteiger partial charge in [0.2, 0.25) is 0 Å². The molecule has 1 aromatic carbocycles. The lowest BCUT2D eigenvalue weighted by Crippen LogP contribution is -2.44. The topological polar surface area (TPSA) is 41.5 Å². The predicted molar refractivity (Wildman–Crippen MR) is 79.8 cm³/mol. The van der Waals surface area contributed by atoms with Crippen LogP contribution in [-0.4, -0.2) is 30.9 Å². The van der Waals surface area contributed by atoms with Crippen molar-refractivity contribution in [3.8, 4) is 5.75 Å². The minimum atomic E-state index is -0.273. The molecule has 0 aliphatic rings. The zero-order valence-electron chi connectivity index (χ0n) is 12.6. The maximum atomic E-state index is 9.35. The lowest BCUT2D eigenvalue weighted by atomic mass is 9.97. The van der Waals surface area contributed by atoms with Gasteiger partial charge in [-0.25, -0.2) is 0 Å². The number of hydrogen-bond acceptors (Lipinski definition) is 3. The first kappa shape index (κ1) is 16.0. The number of rotatable bonds is 8. The summed E-state index contributed by atoms with van der Waals surface area (Å²) in [6.07, 6.45) is 1.88. The Kier molecular flexibility index (Phi) is 6.32. The molecular weight excluding hydrogens is 238 g/mol. The molecule has 0 aliphatic heterocycles. The van der Waals surface area contributed by atoms with E-state index in [0.717, 1.165) is 18.6 Å². The monoisotopic (exact) mass is 265 g/mol. The second-order valence-electron chi connectivity index (χ2n) is 5.41. The van der Waals surface area contributed by atoms with Crippen LogP contribution in [0.25, 0.3) is 0 Å². The van der Waals surface area contributed by atoms with E-state index in [-0.39, 0.29) is 12.1 Å². The summed E-state index contributed by atoms with van der Waals surface area (Å²) in [7, 11) is 1.86. The van der Waals surface area contributed by atoms with E-state index < -0.39 is 0 Å². The lowest BCUT2D eigenvalue weighted by molar-refractivity contribution is 0.150. The molecule has 2 N–H and O–H groups in total. The maximum Gasteiger partial charge on any atom is 0.122 e. The van der Waals surface area contributed by atoms with Crippen molar-refractivity contribution in [3.63, 3.8) is 0 Å². The molecule has 3 heteroatoms. The second kappa shape index (κ2) is 7.51. The van der Waals surface area contributed by atoms with E-state index in [1.807, 2.05) is 26.1 Å². The smallest absolute Gasteiger partial charge is 0.122 e. The van der Waals surface area contributed by atoms with Crippen molar-refractivity contribution in [1.29, 1.82) is 0 Å². The summed E-state index contributed by atoms with van der Waals surface area (Å²) >= 11 is 0. The van der Waals surface area contributed by atoms with Gasteiger partial charge < -0.3 is 15.2 Å². The molecule has 3 nitrogen and oxygen atoms in total. The lowest BCUT2D eigenvalue weighted by Gasteiger charge is -2.27. The normalized spacial score (nSPS) is 15.8. The Morgan fingerprint density at radius 3 is 2.63 bits per heavy atom. The van der Waals surface area contributed by atoms with E-state index in [4.69, 9.17) is 4.74 Å². The van der Waals surface area contributed by atoms with Crippen LogP contribution in [0.2, 0.25) is 0 Å². The van der Waals surface area contributed by atoms with Crippen LogP contribution in [0.1, 0.15) is 45.1 Å². The van der Waals surface area contributed by atoms with Gasteiger partial charge in [-0.05, 0) is 37.9 Å². The van der Waals surface area contributed by atoms with Crippen molar-refractivity contribution in [2.24, 2.45) is 0 Å². The minimum Gasteiger partial charge on any atom is -0.493 e. The molecule has 108 valence electrons. The molecule has 0 spiro atoms. The summed E-state index contributed by atoms with van der Waals surface area (Å²) < 4.78 is 5.91. The number of nitrogens with one attached hydrogen (secondary N) is 1. The third-order valence-electron chi connectivity index (χ3n) is 3.93. The van der Waals surface area contributed by atoms with Crippen LogP contribution in [0, 0.1) is 0 Å². The summed E-state index contributed by atoms with van der Waals surface area (Å²) in [6, 6.07) is 8.22. The molecule has 2 unspecified atom stereocenters. The first-order valence-corrected chi connectivity index (χ1v) is 7.07. The summed E-state index contributed by atoms with van der Waals surface area (Å²) in [6.45, 7) is 7.11. The van der Waals surface area contributed by atoms with Gasteiger partial charge in [0.15, 0.2) is 0 Å². The van der Waals surface area contributed by atoms with E-state index >= 15 is 0 Å². The molecule has 0 aliphatic carbocycles. The molecule has 0 saturated carbocycles. The fraction of sp³-hybridized carbons (Fsp3) is 0.625. The van der Waals surface area contributed by atoms with E-state index in [1.165, 1.54) is 5.56 Å². The zero-order valence-corrected chi connectivity index (χ0v) is 12.6. The van der Waals surface area contributed by atoms with Crippen molar-refractivity contribution >= 4 is 0 Å². The second-order valence-corrected chi connectivity index (χ2v) is 5.41. The first-order valence-electron chi connectivity index (χ1n) is 7.07. The molecule has 0 bridgehead atoms. The number of likely N-dealkylation sites (N-methyl/N-ethyl adjacent to an activating group) is 1. The molecule has 0 radical (unpaired) electrons. The molecule has 0 amide bonds. The molecule has 0 saturated heterocycles. The highest BCUT2D eigenvalue weighted by Gasteiger charge is 2.20. The average Bonchev–Trinajstić information content (AvgIpc) is 2.46. The fourth-order valence-electron chi connectivity index (χ4n) is 1.91. The minimum absolute atomic E-state index is 0.111.